The number of thioether (sulfide) groups is 1. The van der Waals surface area contributed by atoms with Crippen molar-refractivity contribution in [2.24, 2.45) is 5.92 Å². The molecule has 1 heterocycles. The molecule has 0 aromatic carbocycles. The minimum Gasteiger partial charge on any atom is -0.634 e. The zero-order valence-corrected chi connectivity index (χ0v) is 14.6. The summed E-state index contributed by atoms with van der Waals surface area (Å²) in [6.07, 6.45) is 4.88. The first-order valence-electron chi connectivity index (χ1n) is 8.75. The van der Waals surface area contributed by atoms with Gasteiger partial charge in [-0.05, 0) is 50.7 Å². The number of hydrogen-bond donors (Lipinski definition) is 4. The Kier molecular flexibility index (Phi) is 7.44. The first kappa shape index (κ1) is 18.5. The van der Waals surface area contributed by atoms with Crippen molar-refractivity contribution in [3.8, 4) is 0 Å². The third kappa shape index (κ3) is 5.08. The molecule has 7 unspecified atom stereocenters. The maximum Gasteiger partial charge on any atom is 0.113 e. The van der Waals surface area contributed by atoms with E-state index in [0.29, 0.717) is 23.8 Å². The minimum absolute atomic E-state index is 0.0921. The molecular weight excluding hydrogens is 300 g/mol. The van der Waals surface area contributed by atoms with E-state index in [1.54, 1.807) is 6.92 Å². The van der Waals surface area contributed by atoms with Crippen LogP contribution in [0.25, 0.3) is 0 Å². The standard InChI is InChI=1S/C16H32N2O3S/c1-11-10-22-15(16(11)17-12(2)19)8-3-4-9-18(21)13-6-5-7-14(13)20/h11-20H,3-10H2,1-2H3. The number of quaternary nitrogens is 1. The number of hydroxylamine groups is 2. The average molecular weight is 333 g/mol. The normalized spacial score (nSPS) is 38.3. The number of nitrogens with one attached hydrogen (secondary N) is 2. The molecule has 2 rings (SSSR count). The summed E-state index contributed by atoms with van der Waals surface area (Å²) in [7, 11) is 0. The van der Waals surface area contributed by atoms with Crippen molar-refractivity contribution in [1.29, 1.82) is 0 Å². The second kappa shape index (κ2) is 8.85. The summed E-state index contributed by atoms with van der Waals surface area (Å²) in [6.45, 7) is 4.62. The van der Waals surface area contributed by atoms with Gasteiger partial charge >= 0.3 is 0 Å². The lowest BCUT2D eigenvalue weighted by Crippen LogP contribution is -3.12. The smallest absolute Gasteiger partial charge is 0.113 e. The predicted molar refractivity (Wildman–Crippen MR) is 90.7 cm³/mol. The molecule has 5 nitrogen and oxygen atoms in total. The van der Waals surface area contributed by atoms with Crippen LogP contribution in [0, 0.1) is 11.1 Å². The fraction of sp³-hybridized carbons (Fsp3) is 1.00. The highest BCUT2D eigenvalue weighted by atomic mass is 32.2. The summed E-state index contributed by atoms with van der Waals surface area (Å²) in [4.78, 5) is 0. The average Bonchev–Trinajstić information content (AvgIpc) is 3.02. The molecule has 130 valence electrons. The van der Waals surface area contributed by atoms with Crippen LogP contribution in [0.2, 0.25) is 0 Å². The highest BCUT2D eigenvalue weighted by Crippen LogP contribution is 2.34. The van der Waals surface area contributed by atoms with E-state index < -0.39 is 12.3 Å². The van der Waals surface area contributed by atoms with Gasteiger partial charge in [0.05, 0.1) is 6.54 Å². The molecule has 1 saturated carbocycles. The van der Waals surface area contributed by atoms with Crippen LogP contribution in [0.1, 0.15) is 52.4 Å². The second-order valence-electron chi connectivity index (χ2n) is 7.03. The third-order valence-electron chi connectivity index (χ3n) is 5.08. The van der Waals surface area contributed by atoms with E-state index in [0.717, 1.165) is 44.3 Å². The fourth-order valence-electron chi connectivity index (χ4n) is 3.81. The molecule has 22 heavy (non-hydrogen) atoms. The molecule has 0 aromatic heterocycles. The van der Waals surface area contributed by atoms with E-state index in [-0.39, 0.29) is 11.1 Å². The van der Waals surface area contributed by atoms with Gasteiger partial charge in [0.25, 0.3) is 0 Å². The van der Waals surface area contributed by atoms with E-state index in [1.807, 2.05) is 11.8 Å². The first-order valence-corrected chi connectivity index (χ1v) is 9.80. The van der Waals surface area contributed by atoms with Crippen molar-refractivity contribution < 1.29 is 15.3 Å². The molecule has 0 radical (unpaired) electrons. The monoisotopic (exact) mass is 332 g/mol. The summed E-state index contributed by atoms with van der Waals surface area (Å²) in [5, 5.41) is 35.5. The molecular formula is C16H32N2O3S. The molecule has 0 amide bonds. The summed E-state index contributed by atoms with van der Waals surface area (Å²) >= 11 is 1.99. The summed E-state index contributed by atoms with van der Waals surface area (Å²) in [5.74, 6) is 1.72. The maximum absolute atomic E-state index is 12.1. The molecule has 4 N–H and O–H groups in total. The van der Waals surface area contributed by atoms with E-state index in [2.05, 4.69) is 12.2 Å². The van der Waals surface area contributed by atoms with Gasteiger partial charge in [-0.25, -0.2) is 0 Å². The van der Waals surface area contributed by atoms with Crippen LogP contribution in [-0.2, 0) is 0 Å². The Hall–Kier alpha value is 0.150. The van der Waals surface area contributed by atoms with Gasteiger partial charge in [0.1, 0.15) is 18.4 Å². The van der Waals surface area contributed by atoms with Crippen LogP contribution in [0.4, 0.5) is 0 Å². The van der Waals surface area contributed by atoms with Crippen molar-refractivity contribution in [2.75, 3.05) is 12.3 Å². The van der Waals surface area contributed by atoms with E-state index in [9.17, 15) is 15.4 Å². The lowest BCUT2D eigenvalue weighted by atomic mass is 9.97. The Morgan fingerprint density at radius 3 is 2.77 bits per heavy atom. The second-order valence-corrected chi connectivity index (χ2v) is 8.31. The van der Waals surface area contributed by atoms with Gasteiger partial charge in [0.2, 0.25) is 0 Å². The number of hydrogen-bond acceptors (Lipinski definition) is 5. The molecule has 1 aliphatic carbocycles. The molecule has 0 spiro atoms. The van der Waals surface area contributed by atoms with Crippen LogP contribution in [0.5, 0.6) is 0 Å². The first-order chi connectivity index (χ1) is 10.5. The highest BCUT2D eigenvalue weighted by molar-refractivity contribution is 8.00. The van der Waals surface area contributed by atoms with Gasteiger partial charge in [-0.1, -0.05) is 6.92 Å². The Labute approximate surface area is 138 Å². The summed E-state index contributed by atoms with van der Waals surface area (Å²) in [6, 6.07) is 0.280. The van der Waals surface area contributed by atoms with Crippen molar-refractivity contribution in [1.82, 2.24) is 5.32 Å². The van der Waals surface area contributed by atoms with Crippen molar-refractivity contribution >= 4 is 11.8 Å². The van der Waals surface area contributed by atoms with Gasteiger partial charge in [-0.2, -0.15) is 11.8 Å². The number of aliphatic hydroxyl groups excluding tert-OH is 2. The third-order valence-corrected chi connectivity index (χ3v) is 6.75. The van der Waals surface area contributed by atoms with Gasteiger partial charge in [-0.3, -0.25) is 5.32 Å². The topological polar surface area (TPSA) is 80.0 Å². The summed E-state index contributed by atoms with van der Waals surface area (Å²) < 4.78 is 0. The van der Waals surface area contributed by atoms with Crippen molar-refractivity contribution in [2.45, 2.75) is 82.0 Å². The SMILES string of the molecule is CC(O)NC1C(C)CSC1CCCC[NH+]([O-])C1CCCC1O. The Morgan fingerprint density at radius 1 is 1.36 bits per heavy atom. The van der Waals surface area contributed by atoms with Gasteiger partial charge in [0, 0.05) is 17.7 Å². The molecule has 7 atom stereocenters. The lowest BCUT2D eigenvalue weighted by molar-refractivity contribution is -0.878. The largest absolute Gasteiger partial charge is 0.634 e. The van der Waals surface area contributed by atoms with E-state index in [4.69, 9.17) is 0 Å². The Morgan fingerprint density at radius 2 is 2.14 bits per heavy atom. The maximum atomic E-state index is 12.1. The highest BCUT2D eigenvalue weighted by Gasteiger charge is 2.34. The van der Waals surface area contributed by atoms with E-state index >= 15 is 0 Å². The number of aliphatic hydroxyl groups is 2. The quantitative estimate of drug-likeness (QED) is 0.296. The van der Waals surface area contributed by atoms with E-state index in [1.165, 1.54) is 0 Å². The molecule has 2 fully saturated rings. The molecule has 2 aliphatic rings. The van der Waals surface area contributed by atoms with Crippen LogP contribution in [0.15, 0.2) is 0 Å². The summed E-state index contributed by atoms with van der Waals surface area (Å²) in [5.41, 5.74) is 0. The lowest BCUT2D eigenvalue weighted by Gasteiger charge is -2.31. The number of unbranched alkanes of at least 4 members (excludes halogenated alkanes) is 1. The van der Waals surface area contributed by atoms with Crippen LogP contribution < -0.4 is 10.4 Å². The zero-order valence-electron chi connectivity index (χ0n) is 13.8. The van der Waals surface area contributed by atoms with Gasteiger partial charge in [-0.15, -0.1) is 0 Å². The molecule has 1 aliphatic heterocycles. The van der Waals surface area contributed by atoms with Crippen molar-refractivity contribution in [3.63, 3.8) is 0 Å². The molecule has 1 saturated heterocycles. The van der Waals surface area contributed by atoms with Crippen molar-refractivity contribution in [3.05, 3.63) is 5.21 Å². The Balaban J connectivity index is 1.65. The zero-order chi connectivity index (χ0) is 16.1. The minimum atomic E-state index is -0.459. The number of rotatable bonds is 8. The Bertz CT molecular complexity index is 333. The fourth-order valence-corrected chi connectivity index (χ4v) is 5.45. The predicted octanol–water partition coefficient (Wildman–Crippen LogP) is 0.501. The van der Waals surface area contributed by atoms with Crippen LogP contribution >= 0.6 is 11.8 Å². The van der Waals surface area contributed by atoms with Crippen LogP contribution in [-0.4, -0.2) is 52.2 Å². The molecule has 6 heteroatoms. The molecule has 0 bridgehead atoms. The van der Waals surface area contributed by atoms with Gasteiger partial charge in [0.15, 0.2) is 0 Å². The van der Waals surface area contributed by atoms with Crippen LogP contribution in [0.3, 0.4) is 0 Å². The molecule has 0 aromatic rings. The van der Waals surface area contributed by atoms with Gasteiger partial charge < -0.3 is 20.5 Å².